The first-order valence-corrected chi connectivity index (χ1v) is 8.93. The van der Waals surface area contributed by atoms with Crippen molar-refractivity contribution in [2.45, 2.75) is 20.0 Å². The van der Waals surface area contributed by atoms with Crippen LogP contribution < -0.4 is 4.90 Å². The lowest BCUT2D eigenvalue weighted by Crippen LogP contribution is -2.36. The third-order valence-corrected chi connectivity index (χ3v) is 5.25. The lowest BCUT2D eigenvalue weighted by atomic mass is 10.3. The molecule has 0 spiro atoms. The minimum Gasteiger partial charge on any atom is -0.378 e. The molecule has 1 unspecified atom stereocenters. The Kier molecular flexibility index (Phi) is 4.37. The van der Waals surface area contributed by atoms with E-state index in [1.165, 1.54) is 6.42 Å². The Hall–Kier alpha value is -1.37. The van der Waals surface area contributed by atoms with Gasteiger partial charge in [-0.2, -0.15) is 0 Å². The summed E-state index contributed by atoms with van der Waals surface area (Å²) in [6.45, 7) is 6.73. The number of hydrogen-bond acceptors (Lipinski definition) is 5. The summed E-state index contributed by atoms with van der Waals surface area (Å²) in [5.74, 6) is 2.41. The van der Waals surface area contributed by atoms with Crippen LogP contribution in [0, 0.1) is 11.8 Å². The SMILES string of the molecule is CC1C[C@@H]1COCc1nc2c(N3CCOCC3)cc(Cl)nc2n1C. The fraction of sp³-hybridized carbons (Fsp3) is 0.647. The van der Waals surface area contributed by atoms with Gasteiger partial charge in [-0.15, -0.1) is 0 Å². The summed E-state index contributed by atoms with van der Waals surface area (Å²) in [7, 11) is 1.97. The quantitative estimate of drug-likeness (QED) is 0.776. The first kappa shape index (κ1) is 16.1. The Balaban J connectivity index is 1.60. The van der Waals surface area contributed by atoms with Gasteiger partial charge in [-0.25, -0.2) is 9.97 Å². The summed E-state index contributed by atoms with van der Waals surface area (Å²) >= 11 is 6.25. The maximum atomic E-state index is 6.25. The van der Waals surface area contributed by atoms with Gasteiger partial charge in [-0.05, 0) is 18.3 Å². The van der Waals surface area contributed by atoms with Gasteiger partial charge in [0.25, 0.3) is 0 Å². The molecular formula is C17H23ClN4O2. The number of ether oxygens (including phenoxy) is 2. The molecule has 3 heterocycles. The predicted molar refractivity (Wildman–Crippen MR) is 93.5 cm³/mol. The fourth-order valence-electron chi connectivity index (χ4n) is 3.26. The fourth-order valence-corrected chi connectivity index (χ4v) is 3.44. The van der Waals surface area contributed by atoms with Gasteiger partial charge in [0.2, 0.25) is 0 Å². The topological polar surface area (TPSA) is 52.4 Å². The zero-order chi connectivity index (χ0) is 16.7. The highest BCUT2D eigenvalue weighted by molar-refractivity contribution is 6.30. The first-order chi connectivity index (χ1) is 11.6. The van der Waals surface area contributed by atoms with E-state index in [1.807, 2.05) is 17.7 Å². The summed E-state index contributed by atoms with van der Waals surface area (Å²) < 4.78 is 13.3. The van der Waals surface area contributed by atoms with Gasteiger partial charge >= 0.3 is 0 Å². The molecule has 1 saturated carbocycles. The number of morpholine rings is 1. The van der Waals surface area contributed by atoms with Crippen molar-refractivity contribution >= 4 is 28.5 Å². The maximum Gasteiger partial charge on any atom is 0.163 e. The van der Waals surface area contributed by atoms with Gasteiger partial charge in [-0.1, -0.05) is 18.5 Å². The molecule has 0 radical (unpaired) electrons. The van der Waals surface area contributed by atoms with Gasteiger partial charge in [0.05, 0.1) is 25.5 Å². The van der Waals surface area contributed by atoms with Crippen LogP contribution in [0.3, 0.4) is 0 Å². The van der Waals surface area contributed by atoms with E-state index < -0.39 is 0 Å². The minimum absolute atomic E-state index is 0.492. The molecule has 0 aromatic carbocycles. The van der Waals surface area contributed by atoms with Crippen molar-refractivity contribution in [2.75, 3.05) is 37.8 Å². The molecule has 0 amide bonds. The smallest absolute Gasteiger partial charge is 0.163 e. The van der Waals surface area contributed by atoms with Gasteiger partial charge in [0.15, 0.2) is 5.65 Å². The van der Waals surface area contributed by atoms with Crippen molar-refractivity contribution in [3.63, 3.8) is 0 Å². The summed E-state index contributed by atoms with van der Waals surface area (Å²) in [4.78, 5) is 11.5. The summed E-state index contributed by atoms with van der Waals surface area (Å²) in [6, 6.07) is 1.90. The molecule has 2 fully saturated rings. The van der Waals surface area contributed by atoms with Crippen LogP contribution >= 0.6 is 11.6 Å². The van der Waals surface area contributed by atoms with Crippen LogP contribution in [0.2, 0.25) is 5.15 Å². The third kappa shape index (κ3) is 3.10. The molecule has 0 bridgehead atoms. The van der Waals surface area contributed by atoms with Crippen LogP contribution in [0.25, 0.3) is 11.2 Å². The zero-order valence-electron chi connectivity index (χ0n) is 14.2. The Morgan fingerprint density at radius 3 is 2.79 bits per heavy atom. The minimum atomic E-state index is 0.492. The number of aryl methyl sites for hydroxylation is 1. The van der Waals surface area contributed by atoms with E-state index in [0.29, 0.717) is 11.8 Å². The Bertz CT molecular complexity index is 742. The first-order valence-electron chi connectivity index (χ1n) is 8.55. The number of anilines is 1. The van der Waals surface area contributed by atoms with Crippen molar-refractivity contribution in [1.29, 1.82) is 0 Å². The average Bonchev–Trinajstić information content (AvgIpc) is 3.20. The highest BCUT2D eigenvalue weighted by Crippen LogP contribution is 2.37. The molecule has 2 aromatic rings. The molecule has 24 heavy (non-hydrogen) atoms. The molecule has 1 aliphatic carbocycles. The van der Waals surface area contributed by atoms with E-state index in [1.54, 1.807) is 0 Å². The van der Waals surface area contributed by atoms with Crippen molar-refractivity contribution in [3.8, 4) is 0 Å². The Morgan fingerprint density at radius 2 is 2.08 bits per heavy atom. The highest BCUT2D eigenvalue weighted by atomic mass is 35.5. The molecule has 4 rings (SSSR count). The molecular weight excluding hydrogens is 328 g/mol. The van der Waals surface area contributed by atoms with Crippen LogP contribution in [0.4, 0.5) is 5.69 Å². The number of hydrogen-bond donors (Lipinski definition) is 0. The second-order valence-electron chi connectivity index (χ2n) is 6.81. The number of pyridine rings is 1. The van der Waals surface area contributed by atoms with Gasteiger partial charge in [0, 0.05) is 26.2 Å². The standard InChI is InChI=1S/C17H23ClN4O2/c1-11-7-12(11)9-24-10-15-20-16-13(22-3-5-23-6-4-22)8-14(18)19-17(16)21(15)2/h8,11-12H,3-7,9-10H2,1-2H3/t11?,12-/m1/s1. The third-order valence-electron chi connectivity index (χ3n) is 5.06. The largest absolute Gasteiger partial charge is 0.378 e. The van der Waals surface area contributed by atoms with E-state index in [0.717, 1.165) is 67.4 Å². The lowest BCUT2D eigenvalue weighted by molar-refractivity contribution is 0.102. The van der Waals surface area contributed by atoms with Crippen LogP contribution in [0.15, 0.2) is 6.07 Å². The molecule has 2 atom stereocenters. The van der Waals surface area contributed by atoms with Crippen molar-refractivity contribution in [3.05, 3.63) is 17.0 Å². The maximum absolute atomic E-state index is 6.25. The number of imidazole rings is 1. The lowest BCUT2D eigenvalue weighted by Gasteiger charge is -2.28. The average molecular weight is 351 g/mol. The molecule has 7 heteroatoms. The van der Waals surface area contributed by atoms with E-state index in [-0.39, 0.29) is 0 Å². The van der Waals surface area contributed by atoms with Gasteiger partial charge in [0.1, 0.15) is 23.1 Å². The van der Waals surface area contributed by atoms with Crippen molar-refractivity contribution < 1.29 is 9.47 Å². The molecule has 1 aliphatic heterocycles. The summed E-state index contributed by atoms with van der Waals surface area (Å²) in [5, 5.41) is 0.492. The highest BCUT2D eigenvalue weighted by Gasteiger charge is 2.32. The van der Waals surface area contributed by atoms with Crippen LogP contribution in [0.5, 0.6) is 0 Å². The number of aromatic nitrogens is 3. The van der Waals surface area contributed by atoms with Gasteiger partial charge < -0.3 is 18.9 Å². The molecule has 2 aliphatic rings. The molecule has 2 aromatic heterocycles. The van der Waals surface area contributed by atoms with E-state index in [2.05, 4.69) is 16.8 Å². The molecule has 6 nitrogen and oxygen atoms in total. The van der Waals surface area contributed by atoms with E-state index in [4.69, 9.17) is 26.1 Å². The predicted octanol–water partition coefficient (Wildman–Crippen LogP) is 2.63. The molecule has 1 saturated heterocycles. The Labute approximate surface area is 146 Å². The monoisotopic (exact) mass is 350 g/mol. The van der Waals surface area contributed by atoms with Crippen LogP contribution in [-0.2, 0) is 23.1 Å². The number of nitrogens with zero attached hydrogens (tertiary/aromatic N) is 4. The number of rotatable bonds is 5. The summed E-state index contributed by atoms with van der Waals surface area (Å²) in [5.41, 5.74) is 2.73. The molecule has 130 valence electrons. The number of halogens is 1. The van der Waals surface area contributed by atoms with E-state index >= 15 is 0 Å². The normalized spacial score (nSPS) is 23.9. The zero-order valence-corrected chi connectivity index (χ0v) is 14.9. The second-order valence-corrected chi connectivity index (χ2v) is 7.20. The van der Waals surface area contributed by atoms with Crippen LogP contribution in [-0.4, -0.2) is 47.4 Å². The van der Waals surface area contributed by atoms with Crippen LogP contribution in [0.1, 0.15) is 19.2 Å². The Morgan fingerprint density at radius 1 is 1.33 bits per heavy atom. The van der Waals surface area contributed by atoms with Crippen molar-refractivity contribution in [1.82, 2.24) is 14.5 Å². The van der Waals surface area contributed by atoms with E-state index in [9.17, 15) is 0 Å². The second kappa shape index (κ2) is 6.50. The number of fused-ring (bicyclic) bond motifs is 1. The van der Waals surface area contributed by atoms with Gasteiger partial charge in [-0.3, -0.25) is 0 Å². The molecule has 0 N–H and O–H groups in total. The summed E-state index contributed by atoms with van der Waals surface area (Å²) in [6.07, 6.45) is 1.28. The van der Waals surface area contributed by atoms with Crippen molar-refractivity contribution in [2.24, 2.45) is 18.9 Å².